The van der Waals surface area contributed by atoms with Crippen LogP contribution in [0.25, 0.3) is 0 Å². The molecule has 0 N–H and O–H groups in total. The fourth-order valence-electron chi connectivity index (χ4n) is 5.76. The fraction of sp³-hybridized carbons (Fsp3) is 0.889. The minimum absolute atomic E-state index is 0.119. The van der Waals surface area contributed by atoms with Gasteiger partial charge in [0.25, 0.3) is 0 Å². The summed E-state index contributed by atoms with van der Waals surface area (Å²) < 4.78 is 10.8. The highest BCUT2D eigenvalue weighted by atomic mass is 16.6. The van der Waals surface area contributed by atoms with E-state index in [-0.39, 0.29) is 24.1 Å². The molecule has 4 bridgehead atoms. The van der Waals surface area contributed by atoms with E-state index in [0.717, 1.165) is 24.7 Å². The van der Waals surface area contributed by atoms with Crippen LogP contribution in [0.2, 0.25) is 0 Å². The van der Waals surface area contributed by atoms with E-state index in [1.54, 1.807) is 4.90 Å². The number of hydrogen-bond acceptors (Lipinski definition) is 4. The van der Waals surface area contributed by atoms with Crippen LogP contribution >= 0.6 is 0 Å². The monoisotopic (exact) mass is 321 g/mol. The van der Waals surface area contributed by atoms with Gasteiger partial charge in [0.15, 0.2) is 0 Å². The van der Waals surface area contributed by atoms with Crippen LogP contribution in [-0.2, 0) is 14.3 Å². The second kappa shape index (κ2) is 5.99. The summed E-state index contributed by atoms with van der Waals surface area (Å²) in [6.45, 7) is 1.14. The Morgan fingerprint density at radius 1 is 1.00 bits per heavy atom. The van der Waals surface area contributed by atoms with Crippen LogP contribution in [0.5, 0.6) is 0 Å². The Bertz CT molecular complexity index is 463. The molecule has 1 atom stereocenters. The Hall–Kier alpha value is -1.26. The van der Waals surface area contributed by atoms with E-state index in [1.165, 1.54) is 39.2 Å². The zero-order valence-electron chi connectivity index (χ0n) is 13.9. The number of rotatable bonds is 2. The first-order chi connectivity index (χ1) is 11.1. The Kier molecular flexibility index (Phi) is 3.98. The summed E-state index contributed by atoms with van der Waals surface area (Å²) in [7, 11) is 1.41. The lowest BCUT2D eigenvalue weighted by molar-refractivity contribution is -0.147. The largest absolute Gasteiger partial charge is 0.469 e. The van der Waals surface area contributed by atoms with Crippen molar-refractivity contribution in [2.75, 3.05) is 20.2 Å². The van der Waals surface area contributed by atoms with Crippen molar-refractivity contribution >= 4 is 12.1 Å². The average molecular weight is 321 g/mol. The summed E-state index contributed by atoms with van der Waals surface area (Å²) in [5.74, 6) is 2.52. The Morgan fingerprint density at radius 2 is 1.65 bits per heavy atom. The maximum absolute atomic E-state index is 12.6. The van der Waals surface area contributed by atoms with Crippen LogP contribution in [0, 0.1) is 29.6 Å². The molecule has 5 aliphatic rings. The van der Waals surface area contributed by atoms with Crippen molar-refractivity contribution in [2.45, 2.75) is 51.0 Å². The molecule has 5 nitrogen and oxygen atoms in total. The number of likely N-dealkylation sites (tertiary alicyclic amines) is 1. The van der Waals surface area contributed by atoms with Gasteiger partial charge in [-0.25, -0.2) is 4.79 Å². The molecule has 0 aromatic rings. The number of piperidine rings is 1. The van der Waals surface area contributed by atoms with Gasteiger partial charge in [0.2, 0.25) is 0 Å². The van der Waals surface area contributed by atoms with E-state index in [0.29, 0.717) is 24.9 Å². The summed E-state index contributed by atoms with van der Waals surface area (Å²) in [6, 6.07) is 0. The van der Waals surface area contributed by atoms with Crippen molar-refractivity contribution < 1.29 is 19.1 Å². The van der Waals surface area contributed by atoms with Crippen LogP contribution in [0.1, 0.15) is 44.9 Å². The molecule has 4 aliphatic carbocycles. The standard InChI is InChI=1S/C18H27NO4/c1-22-17(20)13-3-2-4-19(10-13)18(21)23-16-14-6-11-5-12(8-14)9-15(16)7-11/h11-16H,2-10H2,1H3. The van der Waals surface area contributed by atoms with Gasteiger partial charge in [-0.1, -0.05) is 0 Å². The third kappa shape index (κ3) is 2.83. The van der Waals surface area contributed by atoms with Gasteiger partial charge >= 0.3 is 12.1 Å². The Morgan fingerprint density at radius 3 is 2.26 bits per heavy atom. The maximum Gasteiger partial charge on any atom is 0.410 e. The molecule has 1 aliphatic heterocycles. The molecule has 1 amide bonds. The third-order valence-electron chi connectivity index (χ3n) is 6.59. The highest BCUT2D eigenvalue weighted by Gasteiger charge is 2.50. The minimum Gasteiger partial charge on any atom is -0.469 e. The molecule has 128 valence electrons. The average Bonchev–Trinajstić information content (AvgIpc) is 2.56. The van der Waals surface area contributed by atoms with Crippen LogP contribution in [-0.4, -0.2) is 43.3 Å². The Labute approximate surface area is 137 Å². The van der Waals surface area contributed by atoms with E-state index in [9.17, 15) is 9.59 Å². The van der Waals surface area contributed by atoms with Crippen molar-refractivity contribution in [3.8, 4) is 0 Å². The first kappa shape index (κ1) is 15.3. The van der Waals surface area contributed by atoms with E-state index >= 15 is 0 Å². The molecule has 23 heavy (non-hydrogen) atoms. The second-order valence-electron chi connectivity index (χ2n) is 8.09. The van der Waals surface area contributed by atoms with Crippen LogP contribution in [0.15, 0.2) is 0 Å². The smallest absolute Gasteiger partial charge is 0.410 e. The molecule has 5 heteroatoms. The third-order valence-corrected chi connectivity index (χ3v) is 6.59. The van der Waals surface area contributed by atoms with E-state index in [2.05, 4.69) is 0 Å². The summed E-state index contributed by atoms with van der Waals surface area (Å²) in [4.78, 5) is 26.0. The lowest BCUT2D eigenvalue weighted by atomic mass is 9.55. The van der Waals surface area contributed by atoms with Gasteiger partial charge in [-0.15, -0.1) is 0 Å². The van der Waals surface area contributed by atoms with E-state index < -0.39 is 0 Å². The number of amides is 1. The predicted octanol–water partition coefficient (Wildman–Crippen LogP) is 2.83. The number of esters is 1. The topological polar surface area (TPSA) is 55.8 Å². The summed E-state index contributed by atoms with van der Waals surface area (Å²) in [5, 5.41) is 0. The molecule has 0 aromatic carbocycles. The van der Waals surface area contributed by atoms with Crippen molar-refractivity contribution in [2.24, 2.45) is 29.6 Å². The van der Waals surface area contributed by atoms with Gasteiger partial charge in [0.1, 0.15) is 6.10 Å². The molecule has 5 fully saturated rings. The van der Waals surface area contributed by atoms with Crippen LogP contribution in [0.3, 0.4) is 0 Å². The van der Waals surface area contributed by atoms with E-state index in [4.69, 9.17) is 9.47 Å². The van der Waals surface area contributed by atoms with Gasteiger partial charge < -0.3 is 14.4 Å². The lowest BCUT2D eigenvalue weighted by Crippen LogP contribution is -2.52. The molecule has 0 radical (unpaired) electrons. The van der Waals surface area contributed by atoms with E-state index in [1.807, 2.05) is 0 Å². The van der Waals surface area contributed by atoms with Gasteiger partial charge in [-0.3, -0.25) is 4.79 Å². The molecule has 0 spiro atoms. The van der Waals surface area contributed by atoms with Crippen molar-refractivity contribution in [3.05, 3.63) is 0 Å². The van der Waals surface area contributed by atoms with Gasteiger partial charge in [0, 0.05) is 13.1 Å². The van der Waals surface area contributed by atoms with Gasteiger partial charge in [-0.2, -0.15) is 0 Å². The number of carbonyl (C=O) groups is 2. The minimum atomic E-state index is -0.212. The van der Waals surface area contributed by atoms with Crippen molar-refractivity contribution in [3.63, 3.8) is 0 Å². The normalized spacial score (nSPS) is 41.7. The molecule has 1 unspecified atom stereocenters. The molecule has 0 aromatic heterocycles. The molecular formula is C18H27NO4. The second-order valence-corrected chi connectivity index (χ2v) is 8.09. The van der Waals surface area contributed by atoms with Gasteiger partial charge in [-0.05, 0) is 68.6 Å². The van der Waals surface area contributed by atoms with Crippen molar-refractivity contribution in [1.29, 1.82) is 0 Å². The number of ether oxygens (including phenoxy) is 2. The number of methoxy groups -OCH3 is 1. The molecule has 1 heterocycles. The molecule has 5 rings (SSSR count). The SMILES string of the molecule is COC(=O)C1CCCN(C(=O)OC2C3CC4CC(C3)CC2C4)C1. The highest BCUT2D eigenvalue weighted by Crippen LogP contribution is 2.54. The summed E-state index contributed by atoms with van der Waals surface area (Å²) in [5.41, 5.74) is 0. The zero-order valence-corrected chi connectivity index (χ0v) is 13.9. The zero-order chi connectivity index (χ0) is 16.0. The van der Waals surface area contributed by atoms with Crippen LogP contribution in [0.4, 0.5) is 4.79 Å². The Balaban J connectivity index is 1.37. The number of carbonyl (C=O) groups excluding carboxylic acids is 2. The quantitative estimate of drug-likeness (QED) is 0.734. The highest BCUT2D eigenvalue weighted by molar-refractivity contribution is 5.74. The predicted molar refractivity (Wildman–Crippen MR) is 83.6 cm³/mol. The van der Waals surface area contributed by atoms with Crippen molar-refractivity contribution in [1.82, 2.24) is 4.90 Å². The van der Waals surface area contributed by atoms with Crippen LogP contribution < -0.4 is 0 Å². The number of nitrogens with zero attached hydrogens (tertiary/aromatic N) is 1. The summed E-state index contributed by atoms with van der Waals surface area (Å²) in [6.07, 6.45) is 7.94. The lowest BCUT2D eigenvalue weighted by Gasteiger charge is -2.53. The molecular weight excluding hydrogens is 294 g/mol. The number of hydrogen-bond donors (Lipinski definition) is 0. The fourth-order valence-corrected chi connectivity index (χ4v) is 5.76. The van der Waals surface area contributed by atoms with Gasteiger partial charge in [0.05, 0.1) is 13.0 Å². The molecule has 1 saturated heterocycles. The first-order valence-electron chi connectivity index (χ1n) is 9.17. The maximum atomic E-state index is 12.6. The summed E-state index contributed by atoms with van der Waals surface area (Å²) >= 11 is 0. The molecule has 4 saturated carbocycles. The first-order valence-corrected chi connectivity index (χ1v) is 9.17.